The molecule has 1 amide bonds. The van der Waals surface area contributed by atoms with Crippen molar-refractivity contribution in [1.82, 2.24) is 5.32 Å². The van der Waals surface area contributed by atoms with E-state index in [0.29, 0.717) is 19.4 Å². The number of amides is 1. The number of benzene rings is 2. The lowest BCUT2D eigenvalue weighted by Crippen LogP contribution is -2.27. The summed E-state index contributed by atoms with van der Waals surface area (Å²) in [5.74, 6) is -1.35. The molecule has 2 aromatic carbocycles. The fourth-order valence-corrected chi connectivity index (χ4v) is 3.05. The van der Waals surface area contributed by atoms with Crippen LogP contribution in [0.4, 0.5) is 13.2 Å². The van der Waals surface area contributed by atoms with E-state index >= 15 is 0 Å². The number of rotatable bonds is 6. The van der Waals surface area contributed by atoms with Crippen LogP contribution in [-0.4, -0.2) is 23.5 Å². The Hall–Kier alpha value is -2.83. The van der Waals surface area contributed by atoms with Gasteiger partial charge in [0, 0.05) is 12.5 Å². The fraction of sp³-hybridized carbons (Fsp3) is 0.300. The molecule has 27 heavy (non-hydrogen) atoms. The predicted molar refractivity (Wildman–Crippen MR) is 92.4 cm³/mol. The fourth-order valence-electron chi connectivity index (χ4n) is 3.05. The lowest BCUT2D eigenvalue weighted by atomic mass is 10.1. The molecule has 0 spiro atoms. The zero-order chi connectivity index (χ0) is 19.6. The molecule has 2 aromatic rings. The van der Waals surface area contributed by atoms with Crippen LogP contribution in [0.15, 0.2) is 48.5 Å². The molecule has 1 aliphatic rings. The first-order chi connectivity index (χ1) is 12.8. The summed E-state index contributed by atoms with van der Waals surface area (Å²) in [5, 5.41) is 11.7. The molecule has 0 aromatic heterocycles. The van der Waals surface area contributed by atoms with Gasteiger partial charge in [-0.2, -0.15) is 13.2 Å². The van der Waals surface area contributed by atoms with Crippen LogP contribution in [0.3, 0.4) is 0 Å². The summed E-state index contributed by atoms with van der Waals surface area (Å²) in [5.41, 5.74) is 1.17. The quantitative estimate of drug-likeness (QED) is 0.803. The molecule has 142 valence electrons. The minimum absolute atomic E-state index is 0.0397. The summed E-state index contributed by atoms with van der Waals surface area (Å²) in [6.45, 7) is 0.418. The van der Waals surface area contributed by atoms with E-state index in [1.165, 1.54) is 24.3 Å². The van der Waals surface area contributed by atoms with Gasteiger partial charge in [-0.15, -0.1) is 0 Å². The Balaban J connectivity index is 1.46. The molecule has 3 rings (SSSR count). The highest BCUT2D eigenvalue weighted by molar-refractivity contribution is 5.87. The van der Waals surface area contributed by atoms with E-state index in [2.05, 4.69) is 5.32 Å². The topological polar surface area (TPSA) is 66.4 Å². The average Bonchev–Trinajstić information content (AvgIpc) is 3.42. The van der Waals surface area contributed by atoms with Gasteiger partial charge in [0.2, 0.25) is 5.91 Å². The number of carbonyl (C=O) groups is 2. The molecule has 1 aliphatic carbocycles. The molecule has 2 N–H and O–H groups in total. The second-order valence-corrected chi connectivity index (χ2v) is 6.61. The van der Waals surface area contributed by atoms with Gasteiger partial charge < -0.3 is 10.4 Å². The molecule has 0 radical (unpaired) electrons. The Morgan fingerprint density at radius 2 is 1.67 bits per heavy atom. The number of carbonyl (C=O) groups excluding carboxylic acids is 1. The van der Waals surface area contributed by atoms with Gasteiger partial charge in [-0.1, -0.05) is 24.3 Å². The zero-order valence-electron chi connectivity index (χ0n) is 14.3. The first kappa shape index (κ1) is 18.9. The Morgan fingerprint density at radius 1 is 1.04 bits per heavy atom. The largest absolute Gasteiger partial charge is 0.478 e. The summed E-state index contributed by atoms with van der Waals surface area (Å²) in [4.78, 5) is 23.0. The highest BCUT2D eigenvalue weighted by Gasteiger charge is 2.44. The lowest BCUT2D eigenvalue weighted by Gasteiger charge is -2.08. The number of alkyl halides is 3. The summed E-state index contributed by atoms with van der Waals surface area (Å²) >= 11 is 0. The van der Waals surface area contributed by atoms with Crippen molar-refractivity contribution < 1.29 is 27.9 Å². The van der Waals surface area contributed by atoms with Crippen molar-refractivity contribution in [3.8, 4) is 0 Å². The van der Waals surface area contributed by atoms with Gasteiger partial charge in [0.05, 0.1) is 11.1 Å². The molecular weight excluding hydrogens is 359 g/mol. The normalized spacial score (nSPS) is 18.8. The molecule has 0 bridgehead atoms. The lowest BCUT2D eigenvalue weighted by molar-refractivity contribution is -0.137. The van der Waals surface area contributed by atoms with Crippen molar-refractivity contribution in [2.45, 2.75) is 24.9 Å². The molecule has 0 saturated heterocycles. The van der Waals surface area contributed by atoms with Crippen molar-refractivity contribution in [3.05, 3.63) is 70.8 Å². The van der Waals surface area contributed by atoms with Crippen LogP contribution in [0, 0.1) is 5.92 Å². The molecule has 1 fully saturated rings. The molecule has 0 heterocycles. The van der Waals surface area contributed by atoms with E-state index in [1.54, 1.807) is 12.1 Å². The minimum atomic E-state index is -4.36. The van der Waals surface area contributed by atoms with Crippen LogP contribution in [0.1, 0.15) is 39.4 Å². The third kappa shape index (κ3) is 4.67. The zero-order valence-corrected chi connectivity index (χ0v) is 14.3. The number of carboxylic acid groups (broad SMARTS) is 1. The van der Waals surface area contributed by atoms with E-state index < -0.39 is 17.7 Å². The molecular formula is C20H18F3NO3. The second kappa shape index (κ2) is 7.42. The summed E-state index contributed by atoms with van der Waals surface area (Å²) in [6, 6.07) is 11.4. The van der Waals surface area contributed by atoms with E-state index in [4.69, 9.17) is 5.11 Å². The Morgan fingerprint density at radius 3 is 2.22 bits per heavy atom. The van der Waals surface area contributed by atoms with Crippen molar-refractivity contribution in [2.24, 2.45) is 5.92 Å². The minimum Gasteiger partial charge on any atom is -0.478 e. The third-order valence-corrected chi connectivity index (χ3v) is 4.71. The molecule has 7 heteroatoms. The van der Waals surface area contributed by atoms with Crippen LogP contribution >= 0.6 is 0 Å². The van der Waals surface area contributed by atoms with Crippen LogP contribution in [0.5, 0.6) is 0 Å². The smallest absolute Gasteiger partial charge is 0.416 e. The number of aromatic carboxylic acids is 1. The van der Waals surface area contributed by atoms with Crippen LogP contribution < -0.4 is 5.32 Å². The number of carboxylic acids is 1. The molecule has 0 aliphatic heterocycles. The van der Waals surface area contributed by atoms with E-state index in [9.17, 15) is 22.8 Å². The van der Waals surface area contributed by atoms with Crippen molar-refractivity contribution >= 4 is 11.9 Å². The van der Waals surface area contributed by atoms with Gasteiger partial charge in [0.15, 0.2) is 0 Å². The van der Waals surface area contributed by atoms with Gasteiger partial charge >= 0.3 is 12.1 Å². The number of hydrogen-bond acceptors (Lipinski definition) is 2. The van der Waals surface area contributed by atoms with Crippen LogP contribution in [0.25, 0.3) is 0 Å². The SMILES string of the molecule is O=C(O)c1ccc(CCNC(=O)C2CC2c2ccc(C(F)(F)F)cc2)cc1. The summed E-state index contributed by atoms with van der Waals surface area (Å²) in [7, 11) is 0. The highest BCUT2D eigenvalue weighted by Crippen LogP contribution is 2.47. The maximum absolute atomic E-state index is 12.6. The van der Waals surface area contributed by atoms with Crippen molar-refractivity contribution in [3.63, 3.8) is 0 Å². The predicted octanol–water partition coefficient (Wildman–Crippen LogP) is 3.87. The maximum atomic E-state index is 12.6. The van der Waals surface area contributed by atoms with Gasteiger partial charge in [0.1, 0.15) is 0 Å². The number of nitrogens with one attached hydrogen (secondary N) is 1. The van der Waals surface area contributed by atoms with Gasteiger partial charge in [-0.25, -0.2) is 4.79 Å². The van der Waals surface area contributed by atoms with Crippen LogP contribution in [-0.2, 0) is 17.4 Å². The second-order valence-electron chi connectivity index (χ2n) is 6.61. The van der Waals surface area contributed by atoms with Crippen molar-refractivity contribution in [1.29, 1.82) is 0 Å². The van der Waals surface area contributed by atoms with Crippen molar-refractivity contribution in [2.75, 3.05) is 6.54 Å². The Kier molecular flexibility index (Phi) is 5.21. The molecule has 1 saturated carbocycles. The first-order valence-electron chi connectivity index (χ1n) is 8.53. The molecule has 2 unspecified atom stereocenters. The Bertz CT molecular complexity index is 829. The van der Waals surface area contributed by atoms with E-state index in [-0.39, 0.29) is 23.3 Å². The summed E-state index contributed by atoms with van der Waals surface area (Å²) < 4.78 is 37.8. The van der Waals surface area contributed by atoms with Gasteiger partial charge in [0.25, 0.3) is 0 Å². The highest BCUT2D eigenvalue weighted by atomic mass is 19.4. The third-order valence-electron chi connectivity index (χ3n) is 4.71. The number of halogens is 3. The number of hydrogen-bond donors (Lipinski definition) is 2. The van der Waals surface area contributed by atoms with Gasteiger partial charge in [-0.05, 0) is 54.2 Å². The standard InChI is InChI=1S/C20H18F3NO3/c21-20(22,23)15-7-5-13(6-8-15)16-11-17(16)18(25)24-10-9-12-1-3-14(4-2-12)19(26)27/h1-8,16-17H,9-11H2,(H,24,25)(H,26,27). The van der Waals surface area contributed by atoms with Gasteiger partial charge in [-0.3, -0.25) is 4.79 Å². The summed E-state index contributed by atoms with van der Waals surface area (Å²) in [6.07, 6.45) is -3.16. The van der Waals surface area contributed by atoms with E-state index in [0.717, 1.165) is 23.3 Å². The molecule has 4 nitrogen and oxygen atoms in total. The Labute approximate surface area is 154 Å². The van der Waals surface area contributed by atoms with E-state index in [1.807, 2.05) is 0 Å². The molecule has 2 atom stereocenters. The van der Waals surface area contributed by atoms with Crippen LogP contribution in [0.2, 0.25) is 0 Å². The monoisotopic (exact) mass is 377 g/mol. The first-order valence-corrected chi connectivity index (χ1v) is 8.53. The maximum Gasteiger partial charge on any atom is 0.416 e. The average molecular weight is 377 g/mol.